The summed E-state index contributed by atoms with van der Waals surface area (Å²) in [4.78, 5) is 21.1. The third-order valence-corrected chi connectivity index (χ3v) is 4.86. The van der Waals surface area contributed by atoms with E-state index in [9.17, 15) is 26.7 Å². The molecule has 12 heteroatoms. The van der Waals surface area contributed by atoms with Gasteiger partial charge in [-0.1, -0.05) is 0 Å². The number of aliphatic hydroxyl groups excluding tert-OH is 1. The molecule has 2 N–H and O–H groups in total. The number of hydrogen-bond donors (Lipinski definition) is 2. The van der Waals surface area contributed by atoms with Gasteiger partial charge in [-0.15, -0.1) is 0 Å². The van der Waals surface area contributed by atoms with Gasteiger partial charge in [0.25, 0.3) is 0 Å². The van der Waals surface area contributed by atoms with Gasteiger partial charge in [-0.25, -0.2) is 27.9 Å². The Hall–Kier alpha value is -2.93. The summed E-state index contributed by atoms with van der Waals surface area (Å²) in [5.74, 6) is -5.26. The number of nitrogens with one attached hydrogen (secondary N) is 1. The van der Waals surface area contributed by atoms with Crippen LogP contribution >= 0.6 is 0 Å². The average molecular weight is 468 g/mol. The Morgan fingerprint density at radius 2 is 1.97 bits per heavy atom. The van der Waals surface area contributed by atoms with E-state index >= 15 is 0 Å². The molecule has 170 valence electrons. The van der Waals surface area contributed by atoms with Gasteiger partial charge in [-0.2, -0.15) is 0 Å². The number of aryl methyl sites for hydroxylation is 1. The Morgan fingerprint density at radius 1 is 1.19 bits per heavy atom. The summed E-state index contributed by atoms with van der Waals surface area (Å²) < 4.78 is 71.6. The van der Waals surface area contributed by atoms with Gasteiger partial charge in [0.05, 0.1) is 29.4 Å². The van der Waals surface area contributed by atoms with Gasteiger partial charge >= 0.3 is 0 Å². The lowest BCUT2D eigenvalue weighted by atomic mass is 9.97. The molecule has 32 heavy (non-hydrogen) atoms. The summed E-state index contributed by atoms with van der Waals surface area (Å²) in [7, 11) is 0. The SMILES string of the molecule is O=C(c1ccc2ncc(OCCO)nc2c1)c1c(F)c(F)cc(CCCNS(=O)[O-])c1F. The minimum absolute atomic E-state index is 0.0262. The molecule has 0 saturated carbocycles. The lowest BCUT2D eigenvalue weighted by Gasteiger charge is -2.12. The summed E-state index contributed by atoms with van der Waals surface area (Å²) in [6.45, 7) is -0.313. The topological polar surface area (TPSA) is 124 Å². The lowest BCUT2D eigenvalue weighted by molar-refractivity contribution is 0.102. The Kier molecular flexibility index (Phi) is 7.85. The minimum atomic E-state index is -2.50. The summed E-state index contributed by atoms with van der Waals surface area (Å²) >= 11 is -2.50. The zero-order chi connectivity index (χ0) is 23.3. The molecule has 0 aliphatic heterocycles. The first-order chi connectivity index (χ1) is 15.3. The number of halogens is 3. The molecule has 0 saturated heterocycles. The van der Waals surface area contributed by atoms with Crippen LogP contribution in [-0.4, -0.2) is 49.4 Å². The highest BCUT2D eigenvalue weighted by atomic mass is 32.2. The zero-order valence-electron chi connectivity index (χ0n) is 16.4. The Morgan fingerprint density at radius 3 is 2.69 bits per heavy atom. The van der Waals surface area contributed by atoms with Crippen molar-refractivity contribution >= 4 is 28.1 Å². The van der Waals surface area contributed by atoms with Gasteiger partial charge in [0.1, 0.15) is 12.4 Å². The van der Waals surface area contributed by atoms with Crippen molar-refractivity contribution in [1.82, 2.24) is 14.7 Å². The highest BCUT2D eigenvalue weighted by molar-refractivity contribution is 7.77. The van der Waals surface area contributed by atoms with E-state index in [0.29, 0.717) is 11.6 Å². The van der Waals surface area contributed by atoms with Crippen molar-refractivity contribution < 1.29 is 36.6 Å². The van der Waals surface area contributed by atoms with Gasteiger partial charge in [0.2, 0.25) is 5.88 Å². The van der Waals surface area contributed by atoms with E-state index in [0.717, 1.165) is 0 Å². The van der Waals surface area contributed by atoms with E-state index in [1.807, 2.05) is 0 Å². The number of ketones is 1. The van der Waals surface area contributed by atoms with Crippen LogP contribution in [0.4, 0.5) is 13.2 Å². The molecule has 1 aromatic heterocycles. The number of aromatic nitrogens is 2. The van der Waals surface area contributed by atoms with Gasteiger partial charge in [-0.3, -0.25) is 9.00 Å². The lowest BCUT2D eigenvalue weighted by Crippen LogP contribution is -2.18. The molecule has 0 fully saturated rings. The Labute approximate surface area is 182 Å². The van der Waals surface area contributed by atoms with Crippen LogP contribution in [0.3, 0.4) is 0 Å². The zero-order valence-corrected chi connectivity index (χ0v) is 17.3. The number of benzene rings is 2. The maximum absolute atomic E-state index is 14.9. The number of rotatable bonds is 10. The predicted octanol–water partition coefficient (Wildman–Crippen LogP) is 1.97. The third-order valence-electron chi connectivity index (χ3n) is 4.42. The van der Waals surface area contributed by atoms with E-state index in [1.165, 1.54) is 24.4 Å². The number of aliphatic hydroxyl groups is 1. The monoisotopic (exact) mass is 468 g/mol. The van der Waals surface area contributed by atoms with Crippen molar-refractivity contribution in [3.8, 4) is 5.88 Å². The van der Waals surface area contributed by atoms with Gasteiger partial charge in [-0.05, 0) is 42.7 Å². The molecular weight excluding hydrogens is 451 g/mol. The van der Waals surface area contributed by atoms with Crippen molar-refractivity contribution in [2.75, 3.05) is 19.8 Å². The largest absolute Gasteiger partial charge is 0.760 e. The first-order valence-corrected chi connectivity index (χ1v) is 10.4. The van der Waals surface area contributed by atoms with Crippen molar-refractivity contribution in [2.24, 2.45) is 0 Å². The molecule has 2 aromatic carbocycles. The maximum Gasteiger partial charge on any atom is 0.232 e. The highest BCUT2D eigenvalue weighted by Crippen LogP contribution is 2.25. The maximum atomic E-state index is 14.9. The standard InChI is InChI=1S/C20H18F3N3O5S/c21-13-8-11(2-1-5-25-32(29)30)18(22)17(19(13)23)20(28)12-3-4-14-15(9-12)26-16(10-24-14)31-7-6-27/h3-4,8-10,25,27H,1-2,5-7H2,(H,29,30)/p-1. The van der Waals surface area contributed by atoms with Crippen LogP contribution in [0.2, 0.25) is 0 Å². The van der Waals surface area contributed by atoms with Crippen LogP contribution in [0, 0.1) is 17.5 Å². The number of hydrogen-bond acceptors (Lipinski definition) is 7. The quantitative estimate of drug-likeness (QED) is 0.202. The van der Waals surface area contributed by atoms with Crippen molar-refractivity contribution in [3.63, 3.8) is 0 Å². The number of ether oxygens (including phenoxy) is 1. The third kappa shape index (κ3) is 5.46. The fourth-order valence-corrected chi connectivity index (χ4v) is 3.28. The van der Waals surface area contributed by atoms with Crippen LogP contribution in [-0.2, 0) is 17.7 Å². The summed E-state index contributed by atoms with van der Waals surface area (Å²) in [6, 6.07) is 4.58. The molecule has 8 nitrogen and oxygen atoms in total. The van der Waals surface area contributed by atoms with E-state index in [1.54, 1.807) is 0 Å². The Balaban J connectivity index is 1.93. The molecule has 0 aliphatic rings. The second-order valence-corrected chi connectivity index (χ2v) is 7.32. The van der Waals surface area contributed by atoms with E-state index in [-0.39, 0.29) is 55.1 Å². The number of nitrogens with zero attached hydrogens (tertiary/aromatic N) is 2. The van der Waals surface area contributed by atoms with E-state index < -0.39 is 40.1 Å². The normalized spacial score (nSPS) is 12.2. The molecule has 0 bridgehead atoms. The van der Waals surface area contributed by atoms with Gasteiger partial charge in [0.15, 0.2) is 17.4 Å². The predicted molar refractivity (Wildman–Crippen MR) is 107 cm³/mol. The van der Waals surface area contributed by atoms with Gasteiger partial charge < -0.3 is 14.4 Å². The smallest absolute Gasteiger partial charge is 0.232 e. The van der Waals surface area contributed by atoms with E-state index in [2.05, 4.69) is 14.7 Å². The molecule has 0 spiro atoms. The second kappa shape index (κ2) is 10.6. The van der Waals surface area contributed by atoms with Crippen LogP contribution in [0.15, 0.2) is 30.5 Å². The molecule has 0 aliphatic carbocycles. The molecule has 1 heterocycles. The summed E-state index contributed by atoms with van der Waals surface area (Å²) in [6.07, 6.45) is 1.29. The molecule has 1 atom stereocenters. The Bertz CT molecular complexity index is 1180. The molecule has 1 unspecified atom stereocenters. The van der Waals surface area contributed by atoms with Crippen LogP contribution in [0.5, 0.6) is 5.88 Å². The molecule has 3 aromatic rings. The van der Waals surface area contributed by atoms with E-state index in [4.69, 9.17) is 9.84 Å². The fourth-order valence-electron chi connectivity index (χ4n) is 2.97. The van der Waals surface area contributed by atoms with Crippen LogP contribution in [0.1, 0.15) is 27.9 Å². The second-order valence-electron chi connectivity index (χ2n) is 6.57. The summed E-state index contributed by atoms with van der Waals surface area (Å²) in [5, 5.41) is 8.82. The van der Waals surface area contributed by atoms with Crippen LogP contribution < -0.4 is 9.46 Å². The number of carbonyl (C=O) groups is 1. The molecule has 3 rings (SSSR count). The highest BCUT2D eigenvalue weighted by Gasteiger charge is 2.25. The van der Waals surface area contributed by atoms with Crippen molar-refractivity contribution in [2.45, 2.75) is 12.8 Å². The molecule has 0 amide bonds. The van der Waals surface area contributed by atoms with Crippen molar-refractivity contribution in [1.29, 1.82) is 0 Å². The number of fused-ring (bicyclic) bond motifs is 1. The summed E-state index contributed by atoms with van der Waals surface area (Å²) in [5.41, 5.74) is -0.891. The van der Waals surface area contributed by atoms with Crippen molar-refractivity contribution in [3.05, 3.63) is 64.6 Å². The van der Waals surface area contributed by atoms with Crippen LogP contribution in [0.25, 0.3) is 11.0 Å². The molecule has 0 radical (unpaired) electrons. The first-order valence-electron chi connectivity index (χ1n) is 9.36. The van der Waals surface area contributed by atoms with Gasteiger partial charge in [0, 0.05) is 23.4 Å². The average Bonchev–Trinajstić information content (AvgIpc) is 2.77. The number of carbonyl (C=O) groups excluding carboxylic acids is 1. The fraction of sp³-hybridized carbons (Fsp3) is 0.250. The molecular formula is C20H17F3N3O5S-. The first kappa shape index (κ1) is 23.7. The minimum Gasteiger partial charge on any atom is -0.760 e.